The molecule has 0 bridgehead atoms. The Morgan fingerprint density at radius 2 is 1.29 bits per heavy atom. The highest BCUT2D eigenvalue weighted by molar-refractivity contribution is 6.92. The van der Waals surface area contributed by atoms with Crippen LogP contribution in [0.15, 0.2) is 42.6 Å². The van der Waals surface area contributed by atoms with E-state index in [-0.39, 0.29) is 0 Å². The van der Waals surface area contributed by atoms with Gasteiger partial charge in [0.05, 0.1) is 19.0 Å². The number of aromatic nitrogens is 1. The predicted octanol–water partition coefficient (Wildman–Crippen LogP) is 10.6. The third-order valence-corrected chi connectivity index (χ3v) is 16.8. The van der Waals surface area contributed by atoms with Gasteiger partial charge in [0.1, 0.15) is 7.05 Å². The van der Waals surface area contributed by atoms with Gasteiger partial charge >= 0.3 is 0 Å². The van der Waals surface area contributed by atoms with Gasteiger partial charge in [-0.05, 0) is 96.4 Å². The zero-order valence-corrected chi connectivity index (χ0v) is 28.7. The van der Waals surface area contributed by atoms with Crippen molar-refractivity contribution in [3.05, 3.63) is 59.3 Å². The van der Waals surface area contributed by atoms with Crippen LogP contribution in [-0.4, -0.2) is 8.07 Å². The van der Waals surface area contributed by atoms with E-state index < -0.39 is 8.07 Å². The lowest BCUT2D eigenvalue weighted by Gasteiger charge is -2.37. The minimum absolute atomic E-state index is 0.744. The molecule has 222 valence electrons. The summed E-state index contributed by atoms with van der Waals surface area (Å²) in [6, 6.07) is 19.6. The molecule has 0 saturated heterocycles. The van der Waals surface area contributed by atoms with Crippen LogP contribution in [0.5, 0.6) is 0 Å². The smallest absolute Gasteiger partial charge is 0.200 e. The summed E-state index contributed by atoms with van der Waals surface area (Å²) in [5, 5.41) is 4.57. The molecule has 2 saturated carbocycles. The van der Waals surface area contributed by atoms with Crippen LogP contribution in [0, 0.1) is 24.7 Å². The molecule has 0 aliphatic heterocycles. The highest BCUT2D eigenvalue weighted by atomic mass is 28.3. The molecule has 2 heteroatoms. The largest absolute Gasteiger partial charge is 0.220 e. The Morgan fingerprint density at radius 1 is 0.732 bits per heavy atom. The first kappa shape index (κ1) is 30.5. The lowest BCUT2D eigenvalue weighted by Crippen LogP contribution is -2.50. The van der Waals surface area contributed by atoms with Crippen LogP contribution in [0.1, 0.15) is 121 Å². The normalized spacial score (nSPS) is 17.2. The monoisotopic (exact) mass is 568 g/mol. The van der Waals surface area contributed by atoms with Crippen molar-refractivity contribution in [2.75, 3.05) is 0 Å². The molecule has 0 atom stereocenters. The minimum Gasteiger partial charge on any atom is -0.200 e. The fourth-order valence-electron chi connectivity index (χ4n) is 9.15. The fraction of sp³-hybridized carbons (Fsp3) is 0.615. The molecule has 3 aromatic rings. The topological polar surface area (TPSA) is 3.88 Å². The Bertz CT molecular complexity index is 1310. The van der Waals surface area contributed by atoms with Gasteiger partial charge in [-0.1, -0.05) is 109 Å². The van der Waals surface area contributed by atoms with Crippen LogP contribution in [0.25, 0.3) is 22.0 Å². The molecule has 2 aliphatic carbocycles. The van der Waals surface area contributed by atoms with Crippen LogP contribution in [-0.2, 0) is 7.05 Å². The van der Waals surface area contributed by atoms with Crippen molar-refractivity contribution in [2.45, 2.75) is 130 Å². The fourth-order valence-corrected chi connectivity index (χ4v) is 15.9. The van der Waals surface area contributed by atoms with Gasteiger partial charge in [-0.3, -0.25) is 0 Å². The summed E-state index contributed by atoms with van der Waals surface area (Å²) in [4.78, 5) is 0. The molecule has 1 nitrogen and oxygen atoms in total. The van der Waals surface area contributed by atoms with Crippen molar-refractivity contribution in [2.24, 2.45) is 24.8 Å². The van der Waals surface area contributed by atoms with Crippen LogP contribution >= 0.6 is 0 Å². The SMILES string of the molecule is Cc1c(-c2c3ccc([Si](CC(C)C)(CC(C)C)CC(C)C)cc3cc[n+]2C)cc(C2CCCC2)cc1C1CCCC1. The molecular formula is C39H58NSi+. The zero-order valence-electron chi connectivity index (χ0n) is 27.7. The van der Waals surface area contributed by atoms with Crippen molar-refractivity contribution in [1.82, 2.24) is 0 Å². The summed E-state index contributed by atoms with van der Waals surface area (Å²) in [6.07, 6.45) is 13.4. The summed E-state index contributed by atoms with van der Waals surface area (Å²) in [5.74, 6) is 3.73. The van der Waals surface area contributed by atoms with Crippen molar-refractivity contribution < 1.29 is 4.57 Å². The number of nitrogens with zero attached hydrogens (tertiary/aromatic N) is 1. The summed E-state index contributed by atoms with van der Waals surface area (Å²) in [5.41, 5.74) is 7.74. The molecule has 1 heterocycles. The molecule has 0 N–H and O–H groups in total. The van der Waals surface area contributed by atoms with E-state index in [1.807, 2.05) is 0 Å². The Labute approximate surface area is 253 Å². The maximum absolute atomic E-state index is 2.65. The highest BCUT2D eigenvalue weighted by Crippen LogP contribution is 2.43. The van der Waals surface area contributed by atoms with E-state index in [4.69, 9.17) is 0 Å². The average Bonchev–Trinajstić information content (AvgIpc) is 3.63. The third kappa shape index (κ3) is 6.53. The van der Waals surface area contributed by atoms with Crippen molar-refractivity contribution in [1.29, 1.82) is 0 Å². The molecule has 0 radical (unpaired) electrons. The van der Waals surface area contributed by atoms with Crippen molar-refractivity contribution >= 4 is 24.0 Å². The second kappa shape index (κ2) is 12.7. The molecule has 5 rings (SSSR count). The van der Waals surface area contributed by atoms with Gasteiger partial charge in [0, 0.05) is 6.07 Å². The van der Waals surface area contributed by atoms with Gasteiger partial charge in [0.25, 0.3) is 0 Å². The quantitative estimate of drug-likeness (QED) is 0.169. The molecule has 2 aromatic carbocycles. The Hall–Kier alpha value is -1.93. The molecule has 0 amide bonds. The van der Waals surface area contributed by atoms with Gasteiger partial charge in [-0.15, -0.1) is 0 Å². The average molecular weight is 569 g/mol. The van der Waals surface area contributed by atoms with E-state index >= 15 is 0 Å². The number of hydrogen-bond donors (Lipinski definition) is 0. The van der Waals surface area contributed by atoms with Crippen LogP contribution in [0.3, 0.4) is 0 Å². The molecule has 0 spiro atoms. The lowest BCUT2D eigenvalue weighted by atomic mass is 9.84. The summed E-state index contributed by atoms with van der Waals surface area (Å²) in [7, 11) is 0.613. The molecule has 41 heavy (non-hydrogen) atoms. The number of hydrogen-bond acceptors (Lipinski definition) is 0. The molecular weight excluding hydrogens is 511 g/mol. The number of fused-ring (bicyclic) bond motifs is 1. The van der Waals surface area contributed by atoms with Crippen LogP contribution in [0.4, 0.5) is 0 Å². The van der Waals surface area contributed by atoms with E-state index in [0.717, 1.165) is 29.6 Å². The number of pyridine rings is 1. The van der Waals surface area contributed by atoms with Crippen LogP contribution in [0.2, 0.25) is 18.1 Å². The molecule has 1 aromatic heterocycles. The maximum atomic E-state index is 2.65. The number of benzene rings is 2. The predicted molar refractivity (Wildman–Crippen MR) is 182 cm³/mol. The Morgan fingerprint density at radius 3 is 1.85 bits per heavy atom. The summed E-state index contributed by atoms with van der Waals surface area (Å²) < 4.78 is 2.42. The number of rotatable bonds is 10. The molecule has 0 unspecified atom stereocenters. The van der Waals surface area contributed by atoms with E-state index in [1.165, 1.54) is 97.1 Å². The van der Waals surface area contributed by atoms with Crippen LogP contribution < -0.4 is 9.75 Å². The van der Waals surface area contributed by atoms with E-state index in [9.17, 15) is 0 Å². The van der Waals surface area contributed by atoms with Gasteiger partial charge in [0.15, 0.2) is 6.20 Å². The van der Waals surface area contributed by atoms with Gasteiger partial charge in [0.2, 0.25) is 5.69 Å². The zero-order chi connectivity index (χ0) is 29.3. The summed E-state index contributed by atoms with van der Waals surface area (Å²) >= 11 is 0. The standard InChI is InChI=1S/C39H58NSi/c1-27(2)24-41(25-28(3)4,26-29(5)6)35-17-18-36-33(21-35)19-20-40(8)39(36)38-23-34(31-13-9-10-14-31)22-37(30(38)7)32-15-11-12-16-32/h17-23,27-29,31-32H,9-16,24-26H2,1-8H3/q+1. The first-order valence-electron chi connectivity index (χ1n) is 17.2. The minimum atomic E-state index is -1.66. The van der Waals surface area contributed by atoms with Crippen molar-refractivity contribution in [3.63, 3.8) is 0 Å². The first-order chi connectivity index (χ1) is 19.6. The Balaban J connectivity index is 1.68. The van der Waals surface area contributed by atoms with Gasteiger partial charge in [-0.25, -0.2) is 4.57 Å². The summed E-state index contributed by atoms with van der Waals surface area (Å²) in [6.45, 7) is 17.1. The van der Waals surface area contributed by atoms with Gasteiger partial charge < -0.3 is 0 Å². The van der Waals surface area contributed by atoms with E-state index in [2.05, 4.69) is 103 Å². The first-order valence-corrected chi connectivity index (χ1v) is 19.8. The number of aryl methyl sites for hydroxylation is 1. The molecule has 2 aliphatic rings. The van der Waals surface area contributed by atoms with E-state index in [1.54, 1.807) is 16.3 Å². The molecule has 2 fully saturated rings. The Kier molecular flexibility index (Phi) is 9.49. The lowest BCUT2D eigenvalue weighted by molar-refractivity contribution is -0.659. The van der Waals surface area contributed by atoms with E-state index in [0.29, 0.717) is 0 Å². The third-order valence-electron chi connectivity index (χ3n) is 10.5. The van der Waals surface area contributed by atoms with Gasteiger partial charge in [-0.2, -0.15) is 0 Å². The second-order valence-electron chi connectivity index (χ2n) is 15.4. The maximum Gasteiger partial charge on any atom is 0.220 e. The highest BCUT2D eigenvalue weighted by Gasteiger charge is 2.37. The second-order valence-corrected chi connectivity index (χ2v) is 19.8. The van der Waals surface area contributed by atoms with Crippen molar-refractivity contribution in [3.8, 4) is 11.3 Å².